The summed E-state index contributed by atoms with van der Waals surface area (Å²) < 4.78 is 0. The lowest BCUT2D eigenvalue weighted by molar-refractivity contribution is 0.340. The van der Waals surface area contributed by atoms with Crippen molar-refractivity contribution in [3.8, 4) is 0 Å². The van der Waals surface area contributed by atoms with E-state index in [1.165, 1.54) is 18.5 Å². The molecule has 0 spiro atoms. The maximum absolute atomic E-state index is 4.19. The van der Waals surface area contributed by atoms with Gasteiger partial charge in [0.1, 0.15) is 0 Å². The van der Waals surface area contributed by atoms with Crippen LogP contribution < -0.4 is 0 Å². The van der Waals surface area contributed by atoms with Gasteiger partial charge in [0.25, 0.3) is 0 Å². The van der Waals surface area contributed by atoms with Crippen LogP contribution in [-0.2, 0) is 0 Å². The zero-order valence-corrected chi connectivity index (χ0v) is 8.98. The van der Waals surface area contributed by atoms with Gasteiger partial charge in [-0.05, 0) is 25.3 Å². The first-order valence-electron chi connectivity index (χ1n) is 4.59. The van der Waals surface area contributed by atoms with Crippen molar-refractivity contribution in [2.75, 3.05) is 25.9 Å². The summed E-state index contributed by atoms with van der Waals surface area (Å²) in [5.74, 6) is 2.71. The van der Waals surface area contributed by atoms with E-state index in [2.05, 4.69) is 38.1 Å². The third-order valence-corrected chi connectivity index (χ3v) is 2.99. The monoisotopic (exact) mass is 185 g/mol. The Morgan fingerprint density at radius 3 is 2.67 bits per heavy atom. The fourth-order valence-electron chi connectivity index (χ4n) is 1.55. The molecule has 2 unspecified atom stereocenters. The van der Waals surface area contributed by atoms with E-state index in [0.717, 1.165) is 24.1 Å². The van der Waals surface area contributed by atoms with Gasteiger partial charge in [-0.3, -0.25) is 0 Å². The topological polar surface area (TPSA) is 3.24 Å². The summed E-state index contributed by atoms with van der Waals surface area (Å²) in [5.41, 5.74) is 1.22. The zero-order chi connectivity index (χ0) is 9.14. The highest BCUT2D eigenvalue weighted by molar-refractivity contribution is 7.80. The number of nitrogens with zero attached hydrogens (tertiary/aromatic N) is 1. The maximum atomic E-state index is 4.19. The summed E-state index contributed by atoms with van der Waals surface area (Å²) in [4.78, 5) is 2.35. The fourth-order valence-corrected chi connectivity index (χ4v) is 1.65. The Hall–Kier alpha value is 0.0500. The van der Waals surface area contributed by atoms with Gasteiger partial charge >= 0.3 is 0 Å². The van der Waals surface area contributed by atoms with Gasteiger partial charge < -0.3 is 4.90 Å². The van der Waals surface area contributed by atoms with E-state index < -0.39 is 0 Å². The van der Waals surface area contributed by atoms with Gasteiger partial charge in [0.15, 0.2) is 0 Å². The van der Waals surface area contributed by atoms with Gasteiger partial charge in [0.2, 0.25) is 0 Å². The van der Waals surface area contributed by atoms with Crippen molar-refractivity contribution in [3.63, 3.8) is 0 Å². The Morgan fingerprint density at radius 2 is 2.25 bits per heavy atom. The second-order valence-electron chi connectivity index (χ2n) is 4.08. The Labute approximate surface area is 81.2 Å². The summed E-state index contributed by atoms with van der Waals surface area (Å²) >= 11 is 4.19. The number of likely N-dealkylation sites (N-methyl/N-ethyl adjacent to an activating group) is 1. The number of hydrogen-bond acceptors (Lipinski definition) is 2. The molecule has 2 heteroatoms. The lowest BCUT2D eigenvalue weighted by Crippen LogP contribution is -2.24. The minimum Gasteiger partial charge on any atom is -0.302 e. The summed E-state index contributed by atoms with van der Waals surface area (Å²) in [6, 6.07) is 0. The van der Waals surface area contributed by atoms with E-state index in [1.54, 1.807) is 0 Å². The van der Waals surface area contributed by atoms with Gasteiger partial charge in [-0.2, -0.15) is 12.6 Å². The first kappa shape index (κ1) is 10.1. The summed E-state index contributed by atoms with van der Waals surface area (Å²) in [6.07, 6.45) is 1.41. The van der Waals surface area contributed by atoms with Crippen molar-refractivity contribution >= 4 is 12.6 Å². The Kier molecular flexibility index (Phi) is 3.66. The quantitative estimate of drug-likeness (QED) is 0.507. The molecule has 0 N–H and O–H groups in total. The van der Waals surface area contributed by atoms with Crippen LogP contribution in [0, 0.1) is 11.8 Å². The average Bonchev–Trinajstić information content (AvgIpc) is 2.66. The van der Waals surface area contributed by atoms with Crippen LogP contribution in [0.5, 0.6) is 0 Å². The molecule has 0 saturated heterocycles. The summed E-state index contributed by atoms with van der Waals surface area (Å²) in [7, 11) is 2.17. The molecule has 0 radical (unpaired) electrons. The lowest BCUT2D eigenvalue weighted by Gasteiger charge is -2.16. The van der Waals surface area contributed by atoms with Crippen molar-refractivity contribution in [2.24, 2.45) is 11.8 Å². The highest BCUT2D eigenvalue weighted by Crippen LogP contribution is 2.37. The van der Waals surface area contributed by atoms with Crippen molar-refractivity contribution in [3.05, 3.63) is 12.2 Å². The SMILES string of the molecule is C=C(CS)CN(C)CC1CC1C. The molecule has 70 valence electrons. The molecular formula is C10H19NS. The number of rotatable bonds is 5. The number of hydrogen-bond donors (Lipinski definition) is 1. The standard InChI is InChI=1S/C10H19NS/c1-8(7-12)5-11(3)6-10-4-9(10)2/h9-10,12H,1,4-7H2,2-3H3. The van der Waals surface area contributed by atoms with Crippen LogP contribution in [0.3, 0.4) is 0 Å². The number of thiol groups is 1. The first-order chi connectivity index (χ1) is 5.63. The normalized spacial score (nSPS) is 27.7. The predicted molar refractivity (Wildman–Crippen MR) is 57.8 cm³/mol. The molecule has 0 aliphatic heterocycles. The third-order valence-electron chi connectivity index (χ3n) is 2.54. The minimum atomic E-state index is 0.810. The molecule has 1 aliphatic rings. The van der Waals surface area contributed by atoms with E-state index in [4.69, 9.17) is 0 Å². The highest BCUT2D eigenvalue weighted by atomic mass is 32.1. The molecule has 0 heterocycles. The van der Waals surface area contributed by atoms with E-state index in [9.17, 15) is 0 Å². The van der Waals surface area contributed by atoms with Crippen LogP contribution in [0.15, 0.2) is 12.2 Å². The fraction of sp³-hybridized carbons (Fsp3) is 0.800. The predicted octanol–water partition coefficient (Wildman–Crippen LogP) is 2.06. The van der Waals surface area contributed by atoms with E-state index in [-0.39, 0.29) is 0 Å². The average molecular weight is 185 g/mol. The molecule has 1 aliphatic carbocycles. The third kappa shape index (κ3) is 3.20. The van der Waals surface area contributed by atoms with E-state index >= 15 is 0 Å². The zero-order valence-electron chi connectivity index (χ0n) is 8.08. The van der Waals surface area contributed by atoms with E-state index in [1.807, 2.05) is 0 Å². The highest BCUT2D eigenvalue weighted by Gasteiger charge is 2.32. The Morgan fingerprint density at radius 1 is 1.67 bits per heavy atom. The molecule has 1 saturated carbocycles. The summed E-state index contributed by atoms with van der Waals surface area (Å²) in [5, 5.41) is 0. The van der Waals surface area contributed by atoms with Crippen LogP contribution in [0.4, 0.5) is 0 Å². The van der Waals surface area contributed by atoms with E-state index in [0.29, 0.717) is 0 Å². The largest absolute Gasteiger partial charge is 0.302 e. The smallest absolute Gasteiger partial charge is 0.0195 e. The minimum absolute atomic E-state index is 0.810. The molecule has 1 rings (SSSR count). The second kappa shape index (κ2) is 4.33. The second-order valence-corrected chi connectivity index (χ2v) is 4.39. The first-order valence-corrected chi connectivity index (χ1v) is 5.22. The van der Waals surface area contributed by atoms with Crippen LogP contribution >= 0.6 is 12.6 Å². The summed E-state index contributed by atoms with van der Waals surface area (Å²) in [6.45, 7) is 8.50. The molecule has 2 atom stereocenters. The molecule has 0 aromatic carbocycles. The van der Waals surface area contributed by atoms with Crippen LogP contribution in [0.1, 0.15) is 13.3 Å². The van der Waals surface area contributed by atoms with Gasteiger partial charge in [-0.1, -0.05) is 19.1 Å². The van der Waals surface area contributed by atoms with Crippen molar-refractivity contribution < 1.29 is 0 Å². The molecule has 1 nitrogen and oxygen atoms in total. The van der Waals surface area contributed by atoms with Crippen LogP contribution in [0.2, 0.25) is 0 Å². The molecular weight excluding hydrogens is 166 g/mol. The van der Waals surface area contributed by atoms with Gasteiger partial charge in [-0.15, -0.1) is 0 Å². The van der Waals surface area contributed by atoms with Crippen LogP contribution in [-0.4, -0.2) is 30.8 Å². The van der Waals surface area contributed by atoms with Crippen molar-refractivity contribution in [1.82, 2.24) is 4.90 Å². The Bertz CT molecular complexity index is 167. The van der Waals surface area contributed by atoms with Gasteiger partial charge in [-0.25, -0.2) is 0 Å². The Balaban J connectivity index is 2.11. The van der Waals surface area contributed by atoms with Crippen molar-refractivity contribution in [2.45, 2.75) is 13.3 Å². The van der Waals surface area contributed by atoms with Gasteiger partial charge in [0, 0.05) is 18.8 Å². The molecule has 0 aromatic heterocycles. The molecule has 0 aromatic rings. The molecule has 12 heavy (non-hydrogen) atoms. The molecule has 0 bridgehead atoms. The lowest BCUT2D eigenvalue weighted by atomic mass is 10.3. The van der Waals surface area contributed by atoms with Crippen molar-refractivity contribution in [1.29, 1.82) is 0 Å². The van der Waals surface area contributed by atoms with Gasteiger partial charge in [0.05, 0.1) is 0 Å². The van der Waals surface area contributed by atoms with Crippen LogP contribution in [0.25, 0.3) is 0 Å². The molecule has 1 fully saturated rings. The molecule has 0 amide bonds. The maximum Gasteiger partial charge on any atom is 0.0195 e.